The van der Waals surface area contributed by atoms with Crippen LogP contribution in [0.25, 0.3) is 0 Å². The molecule has 4 aliphatic carbocycles. The minimum atomic E-state index is -1.22. The van der Waals surface area contributed by atoms with Crippen LogP contribution in [0, 0.1) is 45.8 Å². The van der Waals surface area contributed by atoms with Crippen LogP contribution in [0.1, 0.15) is 82.1 Å². The van der Waals surface area contributed by atoms with Gasteiger partial charge in [0.25, 0.3) is 0 Å². The third-order valence-corrected chi connectivity index (χ3v) is 14.1. The van der Waals surface area contributed by atoms with Crippen LogP contribution in [0.15, 0.2) is 78.6 Å². The van der Waals surface area contributed by atoms with E-state index < -0.39 is 22.2 Å². The van der Waals surface area contributed by atoms with Crippen LogP contribution < -0.4 is 0 Å². The first-order valence-electron chi connectivity index (χ1n) is 19.8. The summed E-state index contributed by atoms with van der Waals surface area (Å²) in [5, 5.41) is 11.5. The van der Waals surface area contributed by atoms with Crippen LogP contribution in [0.3, 0.4) is 0 Å². The van der Waals surface area contributed by atoms with Gasteiger partial charge in [-0.1, -0.05) is 57.0 Å². The molecule has 4 bridgehead atoms. The van der Waals surface area contributed by atoms with Gasteiger partial charge in [-0.2, -0.15) is 0 Å². The van der Waals surface area contributed by atoms with E-state index in [1.165, 1.54) is 0 Å². The molecule has 6 unspecified atom stereocenters. The van der Waals surface area contributed by atoms with Crippen molar-refractivity contribution in [3.63, 3.8) is 0 Å². The molecular formula is C44H55N5O4. The summed E-state index contributed by atoms with van der Waals surface area (Å²) in [5.74, 6) is 0.236. The number of carbonyl (C=O) groups is 2. The number of carboxylic acids is 1. The lowest BCUT2D eigenvalue weighted by molar-refractivity contribution is -0.197. The van der Waals surface area contributed by atoms with E-state index in [-0.39, 0.29) is 30.0 Å². The van der Waals surface area contributed by atoms with Gasteiger partial charge in [0.05, 0.1) is 40.4 Å². The number of ether oxygens (including phenoxy) is 1. The van der Waals surface area contributed by atoms with E-state index >= 15 is 0 Å². The SMILES string of the molecule is CC(C)C1=CC2CC3(C=O)[C@@H]4CC[C@@H](C)[C@H]4CC2(C2CCC(CN(Cc4ccccn4)Cc4cccc(CN(C)Cc5ccccn5)n4)O2)C13C(=O)O. The summed E-state index contributed by atoms with van der Waals surface area (Å²) in [6.07, 6.45) is 11.9. The standard InChI is InChI=1S/C44H55N5O4/c1-29(2)39-20-31-21-42(28-50)38-16-14-30(3)37(38)22-43(31,44(39,42)41(51)52)40-17-15-36(53-40)27-49(25-33-11-6-8-19-46-33)26-35-13-9-12-34(47-35)24-48(4)23-32-10-5-7-18-45-32/h5-13,18-20,28-31,36-38,40H,14-17,21-27H2,1-4H3,(H,51,52)/t30-,31?,36?,37-,38-,40?,42?,43?,44?/m1/s1. The minimum Gasteiger partial charge on any atom is -0.481 e. The third-order valence-electron chi connectivity index (χ3n) is 14.1. The lowest BCUT2D eigenvalue weighted by atomic mass is 9.41. The summed E-state index contributed by atoms with van der Waals surface area (Å²) in [4.78, 5) is 46.5. The van der Waals surface area contributed by atoms with Gasteiger partial charge in [-0.25, -0.2) is 0 Å². The second kappa shape index (κ2) is 14.1. The predicted octanol–water partition coefficient (Wildman–Crippen LogP) is 6.98. The molecule has 3 aromatic heterocycles. The molecule has 9 heteroatoms. The van der Waals surface area contributed by atoms with Crippen LogP contribution in [0.4, 0.5) is 0 Å². The van der Waals surface area contributed by atoms with Gasteiger partial charge in [0, 0.05) is 50.5 Å². The third kappa shape index (κ3) is 5.80. The highest BCUT2D eigenvalue weighted by atomic mass is 16.5. The molecule has 280 valence electrons. The Kier molecular flexibility index (Phi) is 9.65. The largest absolute Gasteiger partial charge is 0.481 e. The van der Waals surface area contributed by atoms with Gasteiger partial charge in [-0.3, -0.25) is 29.5 Å². The zero-order valence-electron chi connectivity index (χ0n) is 31.7. The van der Waals surface area contributed by atoms with Crippen LogP contribution >= 0.6 is 0 Å². The molecule has 8 rings (SSSR count). The molecule has 0 spiro atoms. The minimum absolute atomic E-state index is 0.0371. The molecular weight excluding hydrogens is 663 g/mol. The van der Waals surface area contributed by atoms with Gasteiger partial charge in [0.2, 0.25) is 0 Å². The highest BCUT2D eigenvalue weighted by Crippen LogP contribution is 2.84. The van der Waals surface area contributed by atoms with E-state index in [0.29, 0.717) is 44.4 Å². The Morgan fingerprint density at radius 1 is 0.906 bits per heavy atom. The number of rotatable bonds is 14. The number of pyridine rings is 3. The summed E-state index contributed by atoms with van der Waals surface area (Å²) in [5.41, 5.74) is 2.29. The average Bonchev–Trinajstić information content (AvgIpc) is 3.88. The second-order valence-corrected chi connectivity index (χ2v) is 17.3. The fourth-order valence-electron chi connectivity index (χ4n) is 12.3. The fraction of sp³-hybridized carbons (Fsp3) is 0.568. The zero-order valence-corrected chi connectivity index (χ0v) is 31.7. The summed E-state index contributed by atoms with van der Waals surface area (Å²) in [6.45, 7) is 9.98. The number of hydrogen-bond donors (Lipinski definition) is 1. The summed E-state index contributed by atoms with van der Waals surface area (Å²) < 4.78 is 7.21. The first kappa shape index (κ1) is 36.2. The molecule has 53 heavy (non-hydrogen) atoms. The molecule has 9 atom stereocenters. The highest BCUT2D eigenvalue weighted by molar-refractivity contribution is 5.90. The molecule has 3 aromatic rings. The van der Waals surface area contributed by atoms with Crippen LogP contribution in [0.5, 0.6) is 0 Å². The van der Waals surface area contributed by atoms with Gasteiger partial charge in [-0.15, -0.1) is 0 Å². The predicted molar refractivity (Wildman–Crippen MR) is 202 cm³/mol. The van der Waals surface area contributed by atoms with E-state index in [4.69, 9.17) is 9.72 Å². The van der Waals surface area contributed by atoms with Crippen molar-refractivity contribution in [3.05, 3.63) is 101 Å². The number of aliphatic carboxylic acids is 1. The fourth-order valence-corrected chi connectivity index (χ4v) is 12.3. The zero-order chi connectivity index (χ0) is 37.0. The summed E-state index contributed by atoms with van der Waals surface area (Å²) >= 11 is 0. The maximum Gasteiger partial charge on any atom is 0.315 e. The molecule has 4 heterocycles. The first-order valence-corrected chi connectivity index (χ1v) is 19.8. The maximum absolute atomic E-state index is 14.1. The number of carbonyl (C=O) groups excluding carboxylic acids is 1. The quantitative estimate of drug-likeness (QED) is 0.140. The molecule has 1 saturated heterocycles. The molecule has 5 aliphatic rings. The maximum atomic E-state index is 14.1. The molecule has 0 radical (unpaired) electrons. The topological polar surface area (TPSA) is 109 Å². The molecule has 9 nitrogen and oxygen atoms in total. The van der Waals surface area contributed by atoms with E-state index in [2.05, 4.69) is 77.9 Å². The molecule has 0 aromatic carbocycles. The Labute approximate surface area is 314 Å². The van der Waals surface area contributed by atoms with Gasteiger partial charge < -0.3 is 14.6 Å². The molecule has 1 N–H and O–H groups in total. The Bertz CT molecular complexity index is 1840. The normalized spacial score (nSPS) is 34.2. The van der Waals surface area contributed by atoms with E-state index in [0.717, 1.165) is 73.3 Å². The summed E-state index contributed by atoms with van der Waals surface area (Å²) in [7, 11) is 2.09. The average molecular weight is 718 g/mol. The van der Waals surface area contributed by atoms with Gasteiger partial charge in [0.1, 0.15) is 11.7 Å². The van der Waals surface area contributed by atoms with Gasteiger partial charge in [-0.05, 0) is 105 Å². The van der Waals surface area contributed by atoms with Crippen molar-refractivity contribution in [2.75, 3.05) is 13.6 Å². The molecule has 3 saturated carbocycles. The number of nitrogens with zero attached hydrogens (tertiary/aromatic N) is 5. The number of fused-ring (bicyclic) bond motifs is 2. The Hall–Kier alpha value is -3.79. The van der Waals surface area contributed by atoms with E-state index in [1.54, 1.807) is 0 Å². The van der Waals surface area contributed by atoms with E-state index in [1.807, 2.05) is 42.7 Å². The number of carboxylic acid groups (broad SMARTS) is 1. The number of allylic oxidation sites excluding steroid dienone is 1. The van der Waals surface area contributed by atoms with Crippen LogP contribution in [0.2, 0.25) is 0 Å². The lowest BCUT2D eigenvalue weighted by Crippen LogP contribution is -2.65. The molecule has 1 aliphatic heterocycles. The number of aromatic nitrogens is 3. The van der Waals surface area contributed by atoms with Crippen molar-refractivity contribution >= 4 is 12.3 Å². The Balaban J connectivity index is 1.05. The molecule has 4 fully saturated rings. The highest BCUT2D eigenvalue weighted by Gasteiger charge is 2.86. The van der Waals surface area contributed by atoms with Crippen molar-refractivity contribution < 1.29 is 19.4 Å². The van der Waals surface area contributed by atoms with Crippen molar-refractivity contribution in [1.82, 2.24) is 24.8 Å². The monoisotopic (exact) mass is 717 g/mol. The Morgan fingerprint density at radius 3 is 2.23 bits per heavy atom. The van der Waals surface area contributed by atoms with Crippen molar-refractivity contribution in [2.45, 2.75) is 97.7 Å². The van der Waals surface area contributed by atoms with Gasteiger partial charge >= 0.3 is 5.97 Å². The Morgan fingerprint density at radius 2 is 1.57 bits per heavy atom. The summed E-state index contributed by atoms with van der Waals surface area (Å²) in [6, 6.07) is 18.3. The van der Waals surface area contributed by atoms with E-state index in [9.17, 15) is 14.7 Å². The van der Waals surface area contributed by atoms with Crippen LogP contribution in [-0.4, -0.2) is 67.9 Å². The van der Waals surface area contributed by atoms with Crippen LogP contribution in [-0.2, 0) is 40.5 Å². The second-order valence-electron chi connectivity index (χ2n) is 17.3. The smallest absolute Gasteiger partial charge is 0.315 e. The first-order chi connectivity index (χ1) is 25.6. The number of hydrogen-bond acceptors (Lipinski definition) is 8. The molecule has 0 amide bonds. The lowest BCUT2D eigenvalue weighted by Gasteiger charge is -2.60. The van der Waals surface area contributed by atoms with Crippen molar-refractivity contribution in [1.29, 1.82) is 0 Å². The van der Waals surface area contributed by atoms with Crippen molar-refractivity contribution in [2.24, 2.45) is 45.8 Å². The van der Waals surface area contributed by atoms with Gasteiger partial charge in [0.15, 0.2) is 0 Å². The van der Waals surface area contributed by atoms with Crippen molar-refractivity contribution in [3.8, 4) is 0 Å². The number of aldehydes is 1.